The number of aryl methyl sites for hydroxylation is 1. The van der Waals surface area contributed by atoms with Crippen molar-refractivity contribution < 1.29 is 14.3 Å². The zero-order chi connectivity index (χ0) is 19.0. The molecule has 1 aliphatic rings. The minimum atomic E-state index is -0.650. The van der Waals surface area contributed by atoms with Crippen LogP contribution in [-0.4, -0.2) is 25.0 Å². The number of amides is 1. The fourth-order valence-corrected chi connectivity index (χ4v) is 5.27. The van der Waals surface area contributed by atoms with Gasteiger partial charge in [0.2, 0.25) is 5.91 Å². The Labute approximate surface area is 166 Å². The number of hydrogen-bond donors (Lipinski definition) is 0. The lowest BCUT2D eigenvalue weighted by molar-refractivity contribution is -0.142. The maximum atomic E-state index is 13.0. The SMILES string of the molecule is COC(=O)[C@@H]1[C@@H](c2cccs2)CC(=O)N1c1ccc(C)cc1-c1cccs1. The zero-order valence-electron chi connectivity index (χ0n) is 15.0. The molecule has 2 aromatic heterocycles. The van der Waals surface area contributed by atoms with Crippen LogP contribution in [0, 0.1) is 6.92 Å². The van der Waals surface area contributed by atoms with E-state index in [-0.39, 0.29) is 17.8 Å². The smallest absolute Gasteiger partial charge is 0.329 e. The van der Waals surface area contributed by atoms with Gasteiger partial charge in [-0.05, 0) is 41.9 Å². The first-order valence-electron chi connectivity index (χ1n) is 8.68. The van der Waals surface area contributed by atoms with Crippen molar-refractivity contribution in [2.45, 2.75) is 25.3 Å². The summed E-state index contributed by atoms with van der Waals surface area (Å²) in [7, 11) is 1.38. The molecule has 138 valence electrons. The van der Waals surface area contributed by atoms with Crippen LogP contribution in [-0.2, 0) is 14.3 Å². The number of esters is 1. The van der Waals surface area contributed by atoms with Gasteiger partial charge in [0, 0.05) is 27.7 Å². The molecule has 0 saturated carbocycles. The van der Waals surface area contributed by atoms with Crippen molar-refractivity contribution in [1.82, 2.24) is 0 Å². The molecule has 4 nitrogen and oxygen atoms in total. The Morgan fingerprint density at radius 1 is 1.15 bits per heavy atom. The fraction of sp³-hybridized carbons (Fsp3) is 0.238. The number of hydrogen-bond acceptors (Lipinski definition) is 5. The molecule has 27 heavy (non-hydrogen) atoms. The van der Waals surface area contributed by atoms with Crippen LogP contribution in [0.5, 0.6) is 0 Å². The summed E-state index contributed by atoms with van der Waals surface area (Å²) in [6.45, 7) is 2.03. The van der Waals surface area contributed by atoms with Crippen LogP contribution in [0.2, 0.25) is 0 Å². The number of carbonyl (C=O) groups excluding carboxylic acids is 2. The van der Waals surface area contributed by atoms with E-state index in [0.717, 1.165) is 26.6 Å². The molecule has 3 heterocycles. The molecular weight excluding hydrogens is 378 g/mol. The quantitative estimate of drug-likeness (QED) is 0.592. The summed E-state index contributed by atoms with van der Waals surface area (Å²) in [5, 5.41) is 3.99. The van der Waals surface area contributed by atoms with Crippen LogP contribution >= 0.6 is 22.7 Å². The molecule has 0 bridgehead atoms. The largest absolute Gasteiger partial charge is 0.467 e. The number of anilines is 1. The molecule has 0 N–H and O–H groups in total. The highest BCUT2D eigenvalue weighted by molar-refractivity contribution is 7.13. The minimum absolute atomic E-state index is 0.0505. The molecule has 0 spiro atoms. The third-order valence-corrected chi connectivity index (χ3v) is 6.78. The number of ether oxygens (including phenoxy) is 1. The van der Waals surface area contributed by atoms with Crippen LogP contribution in [0.4, 0.5) is 5.69 Å². The summed E-state index contributed by atoms with van der Waals surface area (Å²) in [6.07, 6.45) is 0.304. The van der Waals surface area contributed by atoms with Gasteiger partial charge < -0.3 is 4.74 Å². The van der Waals surface area contributed by atoms with Crippen molar-refractivity contribution in [3.05, 3.63) is 63.7 Å². The van der Waals surface area contributed by atoms with Crippen LogP contribution in [0.15, 0.2) is 53.2 Å². The molecule has 6 heteroatoms. The minimum Gasteiger partial charge on any atom is -0.467 e. The van der Waals surface area contributed by atoms with Crippen LogP contribution in [0.1, 0.15) is 22.8 Å². The van der Waals surface area contributed by atoms with Gasteiger partial charge >= 0.3 is 5.97 Å². The van der Waals surface area contributed by atoms with E-state index in [1.807, 2.05) is 54.1 Å². The molecule has 1 aliphatic heterocycles. The number of nitrogens with zero attached hydrogens (tertiary/aromatic N) is 1. The molecule has 0 unspecified atom stereocenters. The highest BCUT2D eigenvalue weighted by Gasteiger charge is 2.47. The second kappa shape index (κ2) is 7.29. The number of rotatable bonds is 4. The predicted molar refractivity (Wildman–Crippen MR) is 109 cm³/mol. The molecule has 2 atom stereocenters. The normalized spacial score (nSPS) is 19.5. The van der Waals surface area contributed by atoms with Gasteiger partial charge in [-0.2, -0.15) is 0 Å². The summed E-state index contributed by atoms with van der Waals surface area (Å²) in [6, 6.07) is 13.3. The maximum Gasteiger partial charge on any atom is 0.329 e. The second-order valence-corrected chi connectivity index (χ2v) is 8.48. The molecule has 3 aromatic rings. The van der Waals surface area contributed by atoms with Gasteiger partial charge in [0.05, 0.1) is 12.8 Å². The Bertz CT molecular complexity index is 963. The second-order valence-electron chi connectivity index (χ2n) is 6.56. The van der Waals surface area contributed by atoms with Gasteiger partial charge in [-0.3, -0.25) is 9.69 Å². The average Bonchev–Trinajstić information content (AvgIpc) is 3.41. The lowest BCUT2D eigenvalue weighted by Crippen LogP contribution is -2.41. The first-order chi connectivity index (χ1) is 13.1. The number of benzene rings is 1. The number of thiophene rings is 2. The van der Waals surface area contributed by atoms with Crippen molar-refractivity contribution in [3.8, 4) is 10.4 Å². The summed E-state index contributed by atoms with van der Waals surface area (Å²) < 4.78 is 5.09. The van der Waals surface area contributed by atoms with Gasteiger partial charge in [-0.1, -0.05) is 23.8 Å². The van der Waals surface area contributed by atoms with E-state index < -0.39 is 6.04 Å². The summed E-state index contributed by atoms with van der Waals surface area (Å²) in [5.41, 5.74) is 2.85. The highest BCUT2D eigenvalue weighted by atomic mass is 32.1. The molecule has 1 fully saturated rings. The Morgan fingerprint density at radius 2 is 1.93 bits per heavy atom. The Hall–Kier alpha value is -2.44. The van der Waals surface area contributed by atoms with Crippen LogP contribution in [0.25, 0.3) is 10.4 Å². The lowest BCUT2D eigenvalue weighted by Gasteiger charge is -2.27. The fourth-order valence-electron chi connectivity index (χ4n) is 3.66. The zero-order valence-corrected chi connectivity index (χ0v) is 16.7. The molecule has 0 radical (unpaired) electrons. The number of methoxy groups -OCH3 is 1. The van der Waals surface area contributed by atoms with Gasteiger partial charge in [0.1, 0.15) is 6.04 Å². The summed E-state index contributed by atoms with van der Waals surface area (Å²) in [5.74, 6) is -0.621. The summed E-state index contributed by atoms with van der Waals surface area (Å²) >= 11 is 3.19. The van der Waals surface area contributed by atoms with Crippen molar-refractivity contribution in [1.29, 1.82) is 0 Å². The third kappa shape index (κ3) is 3.19. The maximum absolute atomic E-state index is 13.0. The van der Waals surface area contributed by atoms with Gasteiger partial charge in [-0.25, -0.2) is 4.79 Å². The first kappa shape index (κ1) is 17.9. The predicted octanol–water partition coefficient (Wildman–Crippen LogP) is 4.85. The van der Waals surface area contributed by atoms with E-state index in [1.165, 1.54) is 7.11 Å². The van der Waals surface area contributed by atoms with Crippen molar-refractivity contribution in [3.63, 3.8) is 0 Å². The Kier molecular flexibility index (Phi) is 4.85. The molecule has 1 amide bonds. The summed E-state index contributed by atoms with van der Waals surface area (Å²) in [4.78, 5) is 29.5. The van der Waals surface area contributed by atoms with E-state index in [1.54, 1.807) is 27.6 Å². The van der Waals surface area contributed by atoms with E-state index in [2.05, 4.69) is 6.07 Å². The van der Waals surface area contributed by atoms with E-state index in [4.69, 9.17) is 4.74 Å². The topological polar surface area (TPSA) is 46.6 Å². The molecule has 4 rings (SSSR count). The molecule has 1 aromatic carbocycles. The van der Waals surface area contributed by atoms with Gasteiger partial charge in [0.15, 0.2) is 0 Å². The highest BCUT2D eigenvalue weighted by Crippen LogP contribution is 2.44. The van der Waals surface area contributed by atoms with Gasteiger partial charge in [0.25, 0.3) is 0 Å². The first-order valence-corrected chi connectivity index (χ1v) is 10.4. The third-order valence-electron chi connectivity index (χ3n) is 4.87. The molecule has 1 saturated heterocycles. The van der Waals surface area contributed by atoms with E-state index in [9.17, 15) is 9.59 Å². The van der Waals surface area contributed by atoms with Crippen molar-refractivity contribution in [2.75, 3.05) is 12.0 Å². The van der Waals surface area contributed by atoms with E-state index >= 15 is 0 Å². The molecular formula is C21H19NO3S2. The molecule has 0 aliphatic carbocycles. The standard InChI is InChI=1S/C21H19NO3S2/c1-13-7-8-16(14(11-13)17-5-3-9-26-17)22-19(23)12-15(18-6-4-10-27-18)20(22)21(24)25-2/h3-11,15,20H,12H2,1-2H3/t15-,20+/m1/s1. The lowest BCUT2D eigenvalue weighted by atomic mass is 9.97. The van der Waals surface area contributed by atoms with Gasteiger partial charge in [-0.15, -0.1) is 22.7 Å². The Balaban J connectivity index is 1.85. The number of carbonyl (C=O) groups is 2. The monoisotopic (exact) mass is 397 g/mol. The average molecular weight is 398 g/mol. The van der Waals surface area contributed by atoms with Crippen LogP contribution < -0.4 is 4.90 Å². The van der Waals surface area contributed by atoms with Crippen LogP contribution in [0.3, 0.4) is 0 Å². The van der Waals surface area contributed by atoms with Crippen molar-refractivity contribution in [2.24, 2.45) is 0 Å². The Morgan fingerprint density at radius 3 is 2.59 bits per heavy atom. The van der Waals surface area contributed by atoms with Crippen molar-refractivity contribution >= 4 is 40.2 Å². The van der Waals surface area contributed by atoms with E-state index in [0.29, 0.717) is 6.42 Å².